The lowest BCUT2D eigenvalue weighted by Gasteiger charge is -2.36. The second kappa shape index (κ2) is 7.34. The van der Waals surface area contributed by atoms with Crippen LogP contribution in [0.25, 0.3) is 0 Å². The van der Waals surface area contributed by atoms with E-state index in [4.69, 9.17) is 9.47 Å². The first kappa shape index (κ1) is 19.4. The first-order chi connectivity index (χ1) is 12.8. The van der Waals surface area contributed by atoms with E-state index < -0.39 is 5.41 Å². The third-order valence-corrected chi connectivity index (χ3v) is 5.93. The van der Waals surface area contributed by atoms with Gasteiger partial charge in [0.15, 0.2) is 5.78 Å². The van der Waals surface area contributed by atoms with Crippen LogP contribution in [0.3, 0.4) is 0 Å². The number of methoxy groups -OCH3 is 1. The lowest BCUT2D eigenvalue weighted by atomic mass is 9.70. The summed E-state index contributed by atoms with van der Waals surface area (Å²) in [4.78, 5) is 25.6. The standard InChI is InChI=1S/C23H28O4/c1-14(2)18-13-20(24)23(4)11-10-15(3)12-19(21(18)23)27-22(25)16-6-8-17(26-5)9-7-16/h6-10,13-14,19,21H,11-12H2,1-5H3. The fourth-order valence-electron chi connectivity index (χ4n) is 4.25. The van der Waals surface area contributed by atoms with Gasteiger partial charge in [0.2, 0.25) is 0 Å². The van der Waals surface area contributed by atoms with Crippen LogP contribution >= 0.6 is 0 Å². The Bertz CT molecular complexity index is 800. The molecule has 3 unspecified atom stereocenters. The predicted molar refractivity (Wildman–Crippen MR) is 105 cm³/mol. The Balaban J connectivity index is 1.91. The van der Waals surface area contributed by atoms with Crippen molar-refractivity contribution in [3.63, 3.8) is 0 Å². The van der Waals surface area contributed by atoms with Crippen molar-refractivity contribution in [2.24, 2.45) is 17.3 Å². The second-order valence-electron chi connectivity index (χ2n) is 8.19. The van der Waals surface area contributed by atoms with Gasteiger partial charge in [-0.1, -0.05) is 38.0 Å². The number of fused-ring (bicyclic) bond motifs is 1. The molecule has 4 heteroatoms. The quantitative estimate of drug-likeness (QED) is 0.568. The molecule has 0 N–H and O–H groups in total. The van der Waals surface area contributed by atoms with Crippen LogP contribution in [0, 0.1) is 17.3 Å². The third-order valence-electron chi connectivity index (χ3n) is 5.93. The van der Waals surface area contributed by atoms with Gasteiger partial charge >= 0.3 is 5.97 Å². The molecule has 0 spiro atoms. The van der Waals surface area contributed by atoms with E-state index in [-0.39, 0.29) is 29.7 Å². The van der Waals surface area contributed by atoms with Gasteiger partial charge < -0.3 is 9.47 Å². The number of ether oxygens (including phenoxy) is 2. The Kier molecular flexibility index (Phi) is 5.27. The summed E-state index contributed by atoms with van der Waals surface area (Å²) in [5, 5.41) is 0. The van der Waals surface area contributed by atoms with Crippen LogP contribution in [0.4, 0.5) is 0 Å². The maximum Gasteiger partial charge on any atom is 0.338 e. The van der Waals surface area contributed by atoms with Crippen LogP contribution in [0.2, 0.25) is 0 Å². The summed E-state index contributed by atoms with van der Waals surface area (Å²) >= 11 is 0. The minimum absolute atomic E-state index is 0.0825. The van der Waals surface area contributed by atoms with Gasteiger partial charge in [0.25, 0.3) is 0 Å². The Morgan fingerprint density at radius 2 is 1.89 bits per heavy atom. The highest BCUT2D eigenvalue weighted by molar-refractivity contribution is 5.99. The molecule has 1 aromatic carbocycles. The lowest BCUT2D eigenvalue weighted by Crippen LogP contribution is -2.40. The Morgan fingerprint density at radius 1 is 1.22 bits per heavy atom. The highest BCUT2D eigenvalue weighted by atomic mass is 16.5. The van der Waals surface area contributed by atoms with Crippen molar-refractivity contribution in [2.75, 3.05) is 7.11 Å². The van der Waals surface area contributed by atoms with Crippen LogP contribution in [-0.2, 0) is 9.53 Å². The van der Waals surface area contributed by atoms with Gasteiger partial charge in [-0.05, 0) is 49.6 Å². The van der Waals surface area contributed by atoms with Gasteiger partial charge in [-0.15, -0.1) is 0 Å². The zero-order chi connectivity index (χ0) is 19.8. The van der Waals surface area contributed by atoms with E-state index in [2.05, 4.69) is 19.9 Å². The summed E-state index contributed by atoms with van der Waals surface area (Å²) < 4.78 is 11.1. The van der Waals surface area contributed by atoms with E-state index in [1.54, 1.807) is 37.5 Å². The topological polar surface area (TPSA) is 52.6 Å². The van der Waals surface area contributed by atoms with Crippen molar-refractivity contribution < 1.29 is 19.1 Å². The van der Waals surface area contributed by atoms with Crippen molar-refractivity contribution in [2.45, 2.75) is 46.6 Å². The van der Waals surface area contributed by atoms with Crippen LogP contribution in [0.15, 0.2) is 47.6 Å². The molecule has 3 rings (SSSR count). The minimum atomic E-state index is -0.539. The van der Waals surface area contributed by atoms with E-state index in [0.717, 1.165) is 11.1 Å². The fraction of sp³-hybridized carbons (Fsp3) is 0.478. The molecule has 2 aliphatic rings. The van der Waals surface area contributed by atoms with Crippen molar-refractivity contribution in [3.8, 4) is 5.75 Å². The van der Waals surface area contributed by atoms with Crippen LogP contribution in [0.1, 0.15) is 50.9 Å². The van der Waals surface area contributed by atoms with Gasteiger partial charge in [0.1, 0.15) is 11.9 Å². The smallest absolute Gasteiger partial charge is 0.338 e. The maximum atomic E-state index is 12.8. The summed E-state index contributed by atoms with van der Waals surface area (Å²) in [5.74, 6) is 0.635. The number of esters is 1. The molecule has 0 radical (unpaired) electrons. The zero-order valence-electron chi connectivity index (χ0n) is 16.7. The third kappa shape index (κ3) is 3.58. The molecule has 0 heterocycles. The number of rotatable bonds is 4. The molecule has 0 amide bonds. The highest BCUT2D eigenvalue weighted by Gasteiger charge is 2.52. The van der Waals surface area contributed by atoms with Crippen molar-refractivity contribution in [1.82, 2.24) is 0 Å². The first-order valence-electron chi connectivity index (χ1n) is 9.53. The molecule has 0 fully saturated rings. The highest BCUT2D eigenvalue weighted by Crippen LogP contribution is 2.51. The molecule has 0 aliphatic heterocycles. The normalized spacial score (nSPS) is 27.6. The van der Waals surface area contributed by atoms with E-state index in [0.29, 0.717) is 24.2 Å². The zero-order valence-corrected chi connectivity index (χ0v) is 16.7. The predicted octanol–water partition coefficient (Wildman–Crippen LogP) is 4.75. The summed E-state index contributed by atoms with van der Waals surface area (Å²) in [6.45, 7) is 8.24. The van der Waals surface area contributed by atoms with Crippen LogP contribution in [0.5, 0.6) is 5.75 Å². The first-order valence-corrected chi connectivity index (χ1v) is 9.53. The SMILES string of the molecule is COc1ccc(C(=O)OC2CC(C)=CCC3(C)C(=O)C=C(C(C)C)C23)cc1. The molecule has 4 nitrogen and oxygen atoms in total. The molecule has 1 aromatic rings. The molecule has 144 valence electrons. The van der Waals surface area contributed by atoms with E-state index in [1.807, 2.05) is 13.8 Å². The molecular formula is C23H28O4. The van der Waals surface area contributed by atoms with E-state index in [9.17, 15) is 9.59 Å². The summed E-state index contributed by atoms with van der Waals surface area (Å²) in [6, 6.07) is 6.91. The van der Waals surface area contributed by atoms with Crippen molar-refractivity contribution in [3.05, 3.63) is 53.1 Å². The molecule has 0 aromatic heterocycles. The van der Waals surface area contributed by atoms with Crippen molar-refractivity contribution >= 4 is 11.8 Å². The van der Waals surface area contributed by atoms with Crippen LogP contribution < -0.4 is 4.74 Å². The lowest BCUT2D eigenvalue weighted by molar-refractivity contribution is -0.125. The molecule has 3 atom stereocenters. The van der Waals surface area contributed by atoms with Crippen LogP contribution in [-0.4, -0.2) is 25.0 Å². The number of hydrogen-bond donors (Lipinski definition) is 0. The van der Waals surface area contributed by atoms with Gasteiger partial charge in [0, 0.05) is 17.8 Å². The number of ketones is 1. The van der Waals surface area contributed by atoms with Gasteiger partial charge in [-0.2, -0.15) is 0 Å². The number of carbonyl (C=O) groups is 2. The van der Waals surface area contributed by atoms with E-state index >= 15 is 0 Å². The van der Waals surface area contributed by atoms with Gasteiger partial charge in [-0.3, -0.25) is 4.79 Å². The Hall–Kier alpha value is -2.36. The Morgan fingerprint density at radius 3 is 2.48 bits per heavy atom. The maximum absolute atomic E-state index is 12.8. The van der Waals surface area contributed by atoms with E-state index in [1.165, 1.54) is 0 Å². The molecular weight excluding hydrogens is 340 g/mol. The number of benzene rings is 1. The average Bonchev–Trinajstić information content (AvgIpc) is 2.83. The van der Waals surface area contributed by atoms with Gasteiger partial charge in [-0.25, -0.2) is 4.79 Å². The summed E-state index contributed by atoms with van der Waals surface area (Å²) in [6.07, 6.45) is 4.91. The second-order valence-corrected chi connectivity index (χ2v) is 8.19. The average molecular weight is 368 g/mol. The van der Waals surface area contributed by atoms with Crippen molar-refractivity contribution in [1.29, 1.82) is 0 Å². The molecule has 2 aliphatic carbocycles. The number of hydrogen-bond acceptors (Lipinski definition) is 4. The molecule has 27 heavy (non-hydrogen) atoms. The molecule has 0 saturated carbocycles. The number of allylic oxidation sites excluding steroid dienone is 2. The fourth-order valence-corrected chi connectivity index (χ4v) is 4.25. The Labute approximate surface area is 161 Å². The summed E-state index contributed by atoms with van der Waals surface area (Å²) in [7, 11) is 1.59. The minimum Gasteiger partial charge on any atom is -0.497 e. The largest absolute Gasteiger partial charge is 0.497 e. The molecule has 0 saturated heterocycles. The monoisotopic (exact) mass is 368 g/mol. The number of carbonyl (C=O) groups excluding carboxylic acids is 2. The molecule has 0 bridgehead atoms. The van der Waals surface area contributed by atoms with Gasteiger partial charge in [0.05, 0.1) is 12.7 Å². The summed E-state index contributed by atoms with van der Waals surface area (Å²) in [5.41, 5.74) is 2.21.